The van der Waals surface area contributed by atoms with Gasteiger partial charge >= 0.3 is 0 Å². The van der Waals surface area contributed by atoms with Crippen molar-refractivity contribution in [2.75, 3.05) is 26.2 Å². The third kappa shape index (κ3) is 4.46. The molecule has 5 heteroatoms. The lowest BCUT2D eigenvalue weighted by Crippen LogP contribution is -2.40. The van der Waals surface area contributed by atoms with Crippen molar-refractivity contribution < 1.29 is 13.5 Å². The first kappa shape index (κ1) is 16.3. The Morgan fingerprint density at radius 1 is 1.43 bits per heavy atom. The monoisotopic (exact) mass is 298 g/mol. The van der Waals surface area contributed by atoms with Crippen LogP contribution in [-0.2, 0) is 4.74 Å². The molecule has 0 amide bonds. The zero-order valence-corrected chi connectivity index (χ0v) is 12.5. The molecule has 1 fully saturated rings. The van der Waals surface area contributed by atoms with Gasteiger partial charge in [0.15, 0.2) is 11.6 Å². The van der Waals surface area contributed by atoms with E-state index in [1.54, 1.807) is 6.07 Å². The van der Waals surface area contributed by atoms with Gasteiger partial charge in [-0.3, -0.25) is 0 Å². The number of nitrogens with two attached hydrogens (primary N) is 1. The fourth-order valence-corrected chi connectivity index (χ4v) is 2.87. The first-order chi connectivity index (χ1) is 10.1. The van der Waals surface area contributed by atoms with Crippen LogP contribution in [0.1, 0.15) is 37.8 Å². The largest absolute Gasteiger partial charge is 0.377 e. The summed E-state index contributed by atoms with van der Waals surface area (Å²) in [5.41, 5.74) is 6.27. The Morgan fingerprint density at radius 3 is 3.00 bits per heavy atom. The van der Waals surface area contributed by atoms with Crippen molar-refractivity contribution in [2.45, 2.75) is 38.3 Å². The van der Waals surface area contributed by atoms with Crippen molar-refractivity contribution in [1.29, 1.82) is 0 Å². The molecule has 1 aliphatic heterocycles. The van der Waals surface area contributed by atoms with Crippen LogP contribution in [-0.4, -0.2) is 37.2 Å². The number of benzene rings is 1. The minimum atomic E-state index is -0.836. The van der Waals surface area contributed by atoms with Crippen LogP contribution in [0.15, 0.2) is 18.2 Å². The van der Waals surface area contributed by atoms with E-state index >= 15 is 0 Å². The Morgan fingerprint density at radius 2 is 2.24 bits per heavy atom. The first-order valence-electron chi connectivity index (χ1n) is 7.65. The molecule has 2 atom stereocenters. The number of rotatable bonds is 6. The summed E-state index contributed by atoms with van der Waals surface area (Å²) in [4.78, 5) is 2.29. The number of nitrogens with zero attached hydrogens (tertiary/aromatic N) is 1. The highest BCUT2D eigenvalue weighted by Gasteiger charge is 2.21. The van der Waals surface area contributed by atoms with Crippen molar-refractivity contribution in [3.05, 3.63) is 35.4 Å². The maximum atomic E-state index is 13.7. The van der Waals surface area contributed by atoms with E-state index in [9.17, 15) is 8.78 Å². The van der Waals surface area contributed by atoms with Crippen LogP contribution in [0, 0.1) is 11.6 Å². The maximum absolute atomic E-state index is 13.7. The molecule has 0 spiro atoms. The average Bonchev–Trinajstić information content (AvgIpc) is 2.48. The van der Waals surface area contributed by atoms with Gasteiger partial charge in [0.25, 0.3) is 0 Å². The Kier molecular flexibility index (Phi) is 6.08. The predicted octanol–water partition coefficient (Wildman–Crippen LogP) is 2.86. The molecule has 2 unspecified atom stereocenters. The van der Waals surface area contributed by atoms with Crippen LogP contribution in [0.4, 0.5) is 8.78 Å². The Bertz CT molecular complexity index is 454. The Balaban J connectivity index is 1.86. The van der Waals surface area contributed by atoms with E-state index in [0.29, 0.717) is 6.42 Å². The van der Waals surface area contributed by atoms with Crippen LogP contribution in [0.3, 0.4) is 0 Å². The molecule has 1 aromatic carbocycles. The third-order valence-electron chi connectivity index (χ3n) is 4.00. The Hall–Kier alpha value is -1.04. The Labute approximate surface area is 125 Å². The highest BCUT2D eigenvalue weighted by molar-refractivity contribution is 5.22. The number of hydrogen-bond acceptors (Lipinski definition) is 3. The number of hydrogen-bond donors (Lipinski definition) is 1. The summed E-state index contributed by atoms with van der Waals surface area (Å²) >= 11 is 0. The summed E-state index contributed by atoms with van der Waals surface area (Å²) in [5, 5.41) is 0. The molecule has 2 N–H and O–H groups in total. The summed E-state index contributed by atoms with van der Waals surface area (Å²) in [5.74, 6) is -1.66. The average molecular weight is 298 g/mol. The quantitative estimate of drug-likeness (QED) is 0.877. The lowest BCUT2D eigenvalue weighted by atomic mass is 10.0. The molecule has 21 heavy (non-hydrogen) atoms. The van der Waals surface area contributed by atoms with E-state index in [1.165, 1.54) is 6.07 Å². The standard InChI is InChI=1S/C16H24F2N2O/c1-2-21-12-5-4-9-20(11-12)10-8-15(19)13-6-3-7-14(17)16(13)18/h3,6-7,12,15H,2,4-5,8-11,19H2,1H3. The van der Waals surface area contributed by atoms with E-state index in [4.69, 9.17) is 10.5 Å². The van der Waals surface area contributed by atoms with Crippen LogP contribution in [0.2, 0.25) is 0 Å². The second-order valence-electron chi connectivity index (χ2n) is 5.56. The molecule has 118 valence electrons. The SMILES string of the molecule is CCOC1CCCN(CCC(N)c2cccc(F)c2F)C1. The first-order valence-corrected chi connectivity index (χ1v) is 7.65. The number of halogens is 2. The lowest BCUT2D eigenvalue weighted by Gasteiger charge is -2.33. The van der Waals surface area contributed by atoms with Crippen molar-refractivity contribution in [1.82, 2.24) is 4.90 Å². The molecule has 3 nitrogen and oxygen atoms in total. The molecule has 0 bridgehead atoms. The summed E-state index contributed by atoms with van der Waals surface area (Å²) in [6.07, 6.45) is 3.09. The summed E-state index contributed by atoms with van der Waals surface area (Å²) in [7, 11) is 0. The van der Waals surface area contributed by atoms with Gasteiger partial charge in [-0.05, 0) is 38.8 Å². The van der Waals surface area contributed by atoms with Gasteiger partial charge in [0.1, 0.15) is 0 Å². The van der Waals surface area contributed by atoms with Crippen LogP contribution < -0.4 is 5.73 Å². The molecule has 2 rings (SSSR count). The highest BCUT2D eigenvalue weighted by Crippen LogP contribution is 2.21. The van der Waals surface area contributed by atoms with E-state index in [1.807, 2.05) is 6.92 Å². The molecule has 0 saturated carbocycles. The zero-order valence-electron chi connectivity index (χ0n) is 12.5. The zero-order chi connectivity index (χ0) is 15.2. The molecule has 1 aromatic rings. The number of ether oxygens (including phenoxy) is 1. The summed E-state index contributed by atoms with van der Waals surface area (Å²) < 4.78 is 32.6. The van der Waals surface area contributed by atoms with Gasteiger partial charge in [0.05, 0.1) is 6.10 Å². The van der Waals surface area contributed by atoms with E-state index in [0.717, 1.165) is 45.1 Å². The third-order valence-corrected chi connectivity index (χ3v) is 4.00. The fourth-order valence-electron chi connectivity index (χ4n) is 2.87. The van der Waals surface area contributed by atoms with E-state index in [2.05, 4.69) is 4.90 Å². The lowest BCUT2D eigenvalue weighted by molar-refractivity contribution is 0.00527. The molecule has 1 heterocycles. The van der Waals surface area contributed by atoms with Gasteiger partial charge in [-0.1, -0.05) is 12.1 Å². The van der Waals surface area contributed by atoms with E-state index in [-0.39, 0.29) is 11.7 Å². The minimum absolute atomic E-state index is 0.258. The molecule has 0 aliphatic carbocycles. The molecule has 0 aromatic heterocycles. The second kappa shape index (κ2) is 7.82. The second-order valence-corrected chi connectivity index (χ2v) is 5.56. The maximum Gasteiger partial charge on any atom is 0.163 e. The van der Waals surface area contributed by atoms with Gasteiger partial charge in [-0.2, -0.15) is 0 Å². The van der Waals surface area contributed by atoms with Gasteiger partial charge < -0.3 is 15.4 Å². The van der Waals surface area contributed by atoms with Crippen molar-refractivity contribution in [3.63, 3.8) is 0 Å². The number of likely N-dealkylation sites (tertiary alicyclic amines) is 1. The van der Waals surface area contributed by atoms with Gasteiger partial charge in [0, 0.05) is 31.3 Å². The van der Waals surface area contributed by atoms with Gasteiger partial charge in [-0.15, -0.1) is 0 Å². The predicted molar refractivity (Wildman–Crippen MR) is 79.0 cm³/mol. The van der Waals surface area contributed by atoms with E-state index < -0.39 is 17.7 Å². The molecular weight excluding hydrogens is 274 g/mol. The minimum Gasteiger partial charge on any atom is -0.377 e. The highest BCUT2D eigenvalue weighted by atomic mass is 19.2. The van der Waals surface area contributed by atoms with Crippen molar-refractivity contribution >= 4 is 0 Å². The summed E-state index contributed by atoms with van der Waals surface area (Å²) in [6.45, 7) is 5.42. The molecule has 1 aliphatic rings. The summed E-state index contributed by atoms with van der Waals surface area (Å²) in [6, 6.07) is 3.69. The van der Waals surface area contributed by atoms with Crippen LogP contribution in [0.25, 0.3) is 0 Å². The van der Waals surface area contributed by atoms with Crippen molar-refractivity contribution in [3.8, 4) is 0 Å². The molecule has 1 saturated heterocycles. The molecule has 0 radical (unpaired) electrons. The van der Waals surface area contributed by atoms with Gasteiger partial charge in [0.2, 0.25) is 0 Å². The molecular formula is C16H24F2N2O. The van der Waals surface area contributed by atoms with Crippen LogP contribution >= 0.6 is 0 Å². The number of piperidine rings is 1. The topological polar surface area (TPSA) is 38.5 Å². The normalized spacial score (nSPS) is 21.4. The van der Waals surface area contributed by atoms with Crippen LogP contribution in [0.5, 0.6) is 0 Å². The van der Waals surface area contributed by atoms with Gasteiger partial charge in [-0.25, -0.2) is 8.78 Å². The smallest absolute Gasteiger partial charge is 0.163 e. The van der Waals surface area contributed by atoms with Crippen molar-refractivity contribution in [2.24, 2.45) is 5.73 Å². The fraction of sp³-hybridized carbons (Fsp3) is 0.625.